The molecule has 29 heavy (non-hydrogen) atoms. The molecule has 0 N–H and O–H groups in total. The average Bonchev–Trinajstić information content (AvgIpc) is 3.18. The van der Waals surface area contributed by atoms with E-state index in [-0.39, 0.29) is 0 Å². The lowest BCUT2D eigenvalue weighted by molar-refractivity contribution is 0.365. The highest BCUT2D eigenvalue weighted by Crippen LogP contribution is 2.26. The Balaban J connectivity index is 0.000000444. The standard InChI is InChI=1S/C10H13BrOSSi.C6H12OSi.C4H2Br2S/c1-14(2,3)12-6-4-5-9-7-13-8-10(9)11;1-5-6-7-8(2,3)4;5-3-1-7-2-4(3)6/h7-8H,6H2,1-3H3;1H,6H2,2-4H3;1-2H. The number of hydrogen-bond acceptors (Lipinski definition) is 4. The van der Waals surface area contributed by atoms with Crippen LogP contribution in [0.25, 0.3) is 0 Å². The molecule has 0 bridgehead atoms. The van der Waals surface area contributed by atoms with Crippen LogP contribution >= 0.6 is 70.5 Å². The molecule has 2 rings (SSSR count). The van der Waals surface area contributed by atoms with Crippen LogP contribution in [0.5, 0.6) is 0 Å². The SMILES string of the molecule is Brc1cscc1Br.C#CCO[Si](C)(C)C.C[Si](C)(C)OCC#Cc1cscc1Br. The topological polar surface area (TPSA) is 18.5 Å². The van der Waals surface area contributed by atoms with Crippen LogP contribution in [0.3, 0.4) is 0 Å². The summed E-state index contributed by atoms with van der Waals surface area (Å²) in [7, 11) is -2.73. The summed E-state index contributed by atoms with van der Waals surface area (Å²) >= 11 is 13.4. The van der Waals surface area contributed by atoms with E-state index in [0.29, 0.717) is 13.2 Å². The van der Waals surface area contributed by atoms with Crippen molar-refractivity contribution >= 4 is 87.1 Å². The minimum Gasteiger partial charge on any atom is -0.407 e. The summed E-state index contributed by atoms with van der Waals surface area (Å²) in [6, 6.07) is 0. The van der Waals surface area contributed by atoms with Gasteiger partial charge in [0.1, 0.15) is 0 Å². The Hall–Kier alpha value is 0.314. The molecular weight excluding hydrogens is 632 g/mol. The summed E-state index contributed by atoms with van der Waals surface area (Å²) in [6.07, 6.45) is 4.98. The van der Waals surface area contributed by atoms with Gasteiger partial charge < -0.3 is 8.85 Å². The summed E-state index contributed by atoms with van der Waals surface area (Å²) in [4.78, 5) is 0. The lowest BCUT2D eigenvalue weighted by Crippen LogP contribution is -2.25. The molecule has 160 valence electrons. The van der Waals surface area contributed by atoms with Crippen LogP contribution in [-0.4, -0.2) is 29.8 Å². The zero-order chi connectivity index (χ0) is 22.5. The second kappa shape index (κ2) is 15.2. The highest BCUT2D eigenvalue weighted by Gasteiger charge is 2.12. The van der Waals surface area contributed by atoms with E-state index < -0.39 is 16.6 Å². The van der Waals surface area contributed by atoms with E-state index in [0.717, 1.165) is 19.0 Å². The maximum Gasteiger partial charge on any atom is 0.185 e. The predicted molar refractivity (Wildman–Crippen MR) is 146 cm³/mol. The normalized spacial score (nSPS) is 10.5. The van der Waals surface area contributed by atoms with Crippen LogP contribution < -0.4 is 0 Å². The first kappa shape index (κ1) is 29.3. The lowest BCUT2D eigenvalue weighted by atomic mass is 10.3. The van der Waals surface area contributed by atoms with Gasteiger partial charge in [-0.3, -0.25) is 0 Å². The Morgan fingerprint density at radius 2 is 1.24 bits per heavy atom. The molecule has 0 aliphatic heterocycles. The van der Waals surface area contributed by atoms with E-state index in [2.05, 4.69) is 105 Å². The van der Waals surface area contributed by atoms with E-state index >= 15 is 0 Å². The highest BCUT2D eigenvalue weighted by molar-refractivity contribution is 9.13. The van der Waals surface area contributed by atoms with Crippen molar-refractivity contribution in [1.29, 1.82) is 0 Å². The van der Waals surface area contributed by atoms with Crippen LogP contribution in [0.15, 0.2) is 34.9 Å². The quantitative estimate of drug-likeness (QED) is 0.242. The van der Waals surface area contributed by atoms with E-state index in [4.69, 9.17) is 15.3 Å². The maximum absolute atomic E-state index is 5.62. The first-order valence-electron chi connectivity index (χ1n) is 8.65. The summed E-state index contributed by atoms with van der Waals surface area (Å²) in [5.74, 6) is 8.54. The molecule has 0 unspecified atom stereocenters. The zero-order valence-corrected chi connectivity index (χ0v) is 26.0. The van der Waals surface area contributed by atoms with Crippen molar-refractivity contribution in [2.24, 2.45) is 0 Å². The zero-order valence-electron chi connectivity index (χ0n) is 17.6. The third-order valence-corrected chi connectivity index (χ3v) is 9.49. The molecule has 2 heterocycles. The van der Waals surface area contributed by atoms with Gasteiger partial charge in [0.15, 0.2) is 16.6 Å². The van der Waals surface area contributed by atoms with Crippen LogP contribution in [0.4, 0.5) is 0 Å². The second-order valence-corrected chi connectivity index (χ2v) is 20.6. The van der Waals surface area contributed by atoms with E-state index in [9.17, 15) is 0 Å². The van der Waals surface area contributed by atoms with Crippen LogP contribution in [0, 0.1) is 24.2 Å². The molecule has 2 aromatic rings. The van der Waals surface area contributed by atoms with Crippen molar-refractivity contribution < 1.29 is 8.85 Å². The molecule has 2 aromatic heterocycles. The minimum atomic E-state index is -1.40. The van der Waals surface area contributed by atoms with Crippen molar-refractivity contribution in [1.82, 2.24) is 0 Å². The molecule has 0 atom stereocenters. The number of hydrogen-bond donors (Lipinski definition) is 0. The van der Waals surface area contributed by atoms with Gasteiger partial charge in [0, 0.05) is 40.5 Å². The monoisotopic (exact) mass is 656 g/mol. The smallest absolute Gasteiger partial charge is 0.185 e. The molecule has 2 nitrogen and oxygen atoms in total. The lowest BCUT2D eigenvalue weighted by Gasteiger charge is -2.13. The number of thiophene rings is 2. The third kappa shape index (κ3) is 17.7. The summed E-state index contributed by atoms with van der Waals surface area (Å²) in [6.45, 7) is 13.8. The molecule has 0 saturated heterocycles. The van der Waals surface area contributed by atoms with E-state index in [1.54, 1.807) is 22.7 Å². The Morgan fingerprint density at radius 1 is 0.793 bits per heavy atom. The van der Waals surface area contributed by atoms with Crippen molar-refractivity contribution in [3.63, 3.8) is 0 Å². The molecule has 0 radical (unpaired) electrons. The van der Waals surface area contributed by atoms with Gasteiger partial charge in [0.25, 0.3) is 0 Å². The molecule has 0 amide bonds. The first-order chi connectivity index (χ1) is 13.4. The maximum atomic E-state index is 5.62. The van der Waals surface area contributed by atoms with Crippen molar-refractivity contribution in [2.45, 2.75) is 39.3 Å². The van der Waals surface area contributed by atoms with Crippen LogP contribution in [-0.2, 0) is 8.85 Å². The van der Waals surface area contributed by atoms with Gasteiger partial charge in [-0.1, -0.05) is 17.8 Å². The number of terminal acetylenes is 1. The van der Waals surface area contributed by atoms with Crippen molar-refractivity contribution in [3.05, 3.63) is 40.5 Å². The molecule has 9 heteroatoms. The van der Waals surface area contributed by atoms with Gasteiger partial charge in [-0.15, -0.1) is 17.8 Å². The summed E-state index contributed by atoms with van der Waals surface area (Å²) < 4.78 is 14.2. The molecule has 0 fully saturated rings. The molecule has 0 aromatic carbocycles. The van der Waals surface area contributed by atoms with Crippen molar-refractivity contribution in [2.75, 3.05) is 13.2 Å². The predicted octanol–water partition coefficient (Wildman–Crippen LogP) is 8.46. The van der Waals surface area contributed by atoms with Crippen molar-refractivity contribution in [3.8, 4) is 24.2 Å². The van der Waals surface area contributed by atoms with Gasteiger partial charge in [0.2, 0.25) is 0 Å². The fourth-order valence-electron chi connectivity index (χ4n) is 1.28. The Labute approximate surface area is 211 Å². The van der Waals surface area contributed by atoms with Gasteiger partial charge in [0.05, 0.1) is 13.2 Å². The Bertz CT molecular complexity index is 803. The fourth-order valence-corrected chi connectivity index (χ4v) is 5.37. The molecular formula is C20H27Br3O2S2Si2. The third-order valence-electron chi connectivity index (χ3n) is 2.57. The summed E-state index contributed by atoms with van der Waals surface area (Å²) in [5, 5.41) is 8.13. The Morgan fingerprint density at radius 3 is 1.55 bits per heavy atom. The van der Waals surface area contributed by atoms with E-state index in [1.165, 1.54) is 0 Å². The highest BCUT2D eigenvalue weighted by atomic mass is 79.9. The average molecular weight is 659 g/mol. The minimum absolute atomic E-state index is 0.468. The van der Waals surface area contributed by atoms with Gasteiger partial charge in [-0.2, -0.15) is 11.3 Å². The first-order valence-corrected chi connectivity index (χ1v) is 19.7. The molecule has 0 aliphatic rings. The van der Waals surface area contributed by atoms with E-state index in [1.807, 2.05) is 21.5 Å². The summed E-state index contributed by atoms with van der Waals surface area (Å²) in [5.41, 5.74) is 1.05. The fraction of sp³-hybridized carbons (Fsp3) is 0.400. The van der Waals surface area contributed by atoms with Gasteiger partial charge in [-0.05, 0) is 87.1 Å². The van der Waals surface area contributed by atoms with Crippen LogP contribution in [0.1, 0.15) is 5.56 Å². The largest absolute Gasteiger partial charge is 0.407 e. The van der Waals surface area contributed by atoms with Crippen LogP contribution in [0.2, 0.25) is 39.3 Å². The molecule has 0 saturated carbocycles. The van der Waals surface area contributed by atoms with Gasteiger partial charge >= 0.3 is 0 Å². The number of halogens is 3. The second-order valence-electron chi connectivity index (χ2n) is 7.51. The molecule has 0 aliphatic carbocycles. The Kier molecular flexibility index (Phi) is 15.3. The number of rotatable bonds is 4. The molecule has 0 spiro atoms. The van der Waals surface area contributed by atoms with Gasteiger partial charge in [-0.25, -0.2) is 0 Å².